The number of hydrogen-bond acceptors (Lipinski definition) is 3. The Balaban J connectivity index is 2.11. The summed E-state index contributed by atoms with van der Waals surface area (Å²) in [7, 11) is 1.98. The van der Waals surface area contributed by atoms with Gasteiger partial charge in [0.15, 0.2) is 0 Å². The van der Waals surface area contributed by atoms with Gasteiger partial charge >= 0.3 is 0 Å². The van der Waals surface area contributed by atoms with Crippen molar-refractivity contribution in [1.29, 1.82) is 0 Å². The first-order valence-electron chi connectivity index (χ1n) is 7.16. The van der Waals surface area contributed by atoms with E-state index in [9.17, 15) is 0 Å². The lowest BCUT2D eigenvalue weighted by Crippen LogP contribution is -2.22. The van der Waals surface area contributed by atoms with Gasteiger partial charge in [0, 0.05) is 24.5 Å². The molecule has 3 heteroatoms. The standard InChI is InChI=1S/C17H23N3/c1-4-20(13-16-7-5-6-12-19-16)17-10-8-15(9-11-17)14(2)18-3/h5-12,14,18H,4,13H2,1-3H3. The van der Waals surface area contributed by atoms with Crippen LogP contribution in [0.1, 0.15) is 31.1 Å². The quantitative estimate of drug-likeness (QED) is 0.871. The maximum absolute atomic E-state index is 4.40. The number of aromatic nitrogens is 1. The largest absolute Gasteiger partial charge is 0.366 e. The Hall–Kier alpha value is -1.87. The van der Waals surface area contributed by atoms with Crippen LogP contribution in [0.15, 0.2) is 48.7 Å². The first kappa shape index (κ1) is 14.5. The Morgan fingerprint density at radius 3 is 2.45 bits per heavy atom. The van der Waals surface area contributed by atoms with Crippen LogP contribution < -0.4 is 10.2 Å². The molecule has 2 rings (SSSR count). The first-order chi connectivity index (χ1) is 9.74. The van der Waals surface area contributed by atoms with Gasteiger partial charge in [0.1, 0.15) is 0 Å². The zero-order valence-corrected chi connectivity index (χ0v) is 12.5. The molecule has 1 aromatic carbocycles. The Morgan fingerprint density at radius 2 is 1.90 bits per heavy atom. The predicted molar refractivity (Wildman–Crippen MR) is 84.9 cm³/mol. The number of benzene rings is 1. The summed E-state index contributed by atoms with van der Waals surface area (Å²) < 4.78 is 0. The molecule has 1 heterocycles. The second-order valence-corrected chi connectivity index (χ2v) is 4.94. The lowest BCUT2D eigenvalue weighted by atomic mass is 10.1. The maximum atomic E-state index is 4.40. The maximum Gasteiger partial charge on any atom is 0.0601 e. The highest BCUT2D eigenvalue weighted by molar-refractivity contribution is 5.48. The third-order valence-electron chi connectivity index (χ3n) is 3.65. The molecule has 2 aromatic rings. The Morgan fingerprint density at radius 1 is 1.15 bits per heavy atom. The molecule has 0 aliphatic rings. The predicted octanol–water partition coefficient (Wildman–Crippen LogP) is 3.39. The van der Waals surface area contributed by atoms with Crippen molar-refractivity contribution in [2.75, 3.05) is 18.5 Å². The van der Waals surface area contributed by atoms with E-state index < -0.39 is 0 Å². The van der Waals surface area contributed by atoms with Gasteiger partial charge in [-0.05, 0) is 50.7 Å². The van der Waals surface area contributed by atoms with Crippen molar-refractivity contribution >= 4 is 5.69 Å². The average molecular weight is 269 g/mol. The van der Waals surface area contributed by atoms with Crippen LogP contribution in [0.25, 0.3) is 0 Å². The number of pyridine rings is 1. The SMILES string of the molecule is CCN(Cc1ccccn1)c1ccc(C(C)NC)cc1. The van der Waals surface area contributed by atoms with Gasteiger partial charge in [-0.2, -0.15) is 0 Å². The molecule has 0 saturated carbocycles. The van der Waals surface area contributed by atoms with Gasteiger partial charge in [-0.1, -0.05) is 18.2 Å². The Bertz CT molecular complexity index is 508. The summed E-state index contributed by atoms with van der Waals surface area (Å²) >= 11 is 0. The summed E-state index contributed by atoms with van der Waals surface area (Å²) in [6, 6.07) is 15.2. The van der Waals surface area contributed by atoms with E-state index in [1.165, 1.54) is 11.3 Å². The van der Waals surface area contributed by atoms with Crippen molar-refractivity contribution < 1.29 is 0 Å². The van der Waals surface area contributed by atoms with Gasteiger partial charge in [-0.15, -0.1) is 0 Å². The molecule has 1 atom stereocenters. The Labute approximate surface area is 121 Å². The molecule has 20 heavy (non-hydrogen) atoms. The topological polar surface area (TPSA) is 28.2 Å². The molecule has 1 unspecified atom stereocenters. The molecule has 3 nitrogen and oxygen atoms in total. The molecule has 1 aromatic heterocycles. The molecular weight excluding hydrogens is 246 g/mol. The van der Waals surface area contributed by atoms with Crippen molar-refractivity contribution in [1.82, 2.24) is 10.3 Å². The number of anilines is 1. The van der Waals surface area contributed by atoms with Crippen LogP contribution in [-0.2, 0) is 6.54 Å². The van der Waals surface area contributed by atoms with Gasteiger partial charge in [0.2, 0.25) is 0 Å². The second kappa shape index (κ2) is 7.06. The van der Waals surface area contributed by atoms with E-state index >= 15 is 0 Å². The molecule has 0 aliphatic carbocycles. The lowest BCUT2D eigenvalue weighted by molar-refractivity contribution is 0.652. The van der Waals surface area contributed by atoms with Crippen molar-refractivity contribution in [2.24, 2.45) is 0 Å². The number of hydrogen-bond donors (Lipinski definition) is 1. The van der Waals surface area contributed by atoms with E-state index in [2.05, 4.69) is 59.4 Å². The fraction of sp³-hybridized carbons (Fsp3) is 0.353. The van der Waals surface area contributed by atoms with Crippen LogP contribution in [-0.4, -0.2) is 18.6 Å². The summed E-state index contributed by atoms with van der Waals surface area (Å²) in [4.78, 5) is 6.73. The molecule has 0 fully saturated rings. The van der Waals surface area contributed by atoms with Crippen molar-refractivity contribution in [3.05, 3.63) is 59.9 Å². The highest BCUT2D eigenvalue weighted by atomic mass is 15.1. The normalized spacial score (nSPS) is 12.2. The van der Waals surface area contributed by atoms with Gasteiger partial charge in [-0.3, -0.25) is 4.98 Å². The van der Waals surface area contributed by atoms with Crippen LogP contribution in [0, 0.1) is 0 Å². The Kier molecular flexibility index (Phi) is 5.13. The van der Waals surface area contributed by atoms with Crippen LogP contribution in [0.4, 0.5) is 5.69 Å². The minimum Gasteiger partial charge on any atom is -0.366 e. The average Bonchev–Trinajstić information content (AvgIpc) is 2.53. The molecule has 106 valence electrons. The fourth-order valence-electron chi connectivity index (χ4n) is 2.21. The smallest absolute Gasteiger partial charge is 0.0601 e. The zero-order valence-electron chi connectivity index (χ0n) is 12.5. The van der Waals surface area contributed by atoms with Gasteiger partial charge in [0.05, 0.1) is 12.2 Å². The fourth-order valence-corrected chi connectivity index (χ4v) is 2.21. The van der Waals surface area contributed by atoms with Crippen LogP contribution in [0.5, 0.6) is 0 Å². The first-order valence-corrected chi connectivity index (χ1v) is 7.16. The van der Waals surface area contributed by atoms with Gasteiger partial charge in [0.25, 0.3) is 0 Å². The molecule has 0 bridgehead atoms. The third kappa shape index (κ3) is 3.58. The number of nitrogens with zero attached hydrogens (tertiary/aromatic N) is 2. The van der Waals surface area contributed by atoms with Crippen molar-refractivity contribution in [2.45, 2.75) is 26.4 Å². The highest BCUT2D eigenvalue weighted by Crippen LogP contribution is 2.20. The lowest BCUT2D eigenvalue weighted by Gasteiger charge is -2.23. The van der Waals surface area contributed by atoms with Crippen molar-refractivity contribution in [3.8, 4) is 0 Å². The summed E-state index contributed by atoms with van der Waals surface area (Å²) in [5.74, 6) is 0. The molecule has 0 saturated heterocycles. The molecular formula is C17H23N3. The van der Waals surface area contributed by atoms with Crippen molar-refractivity contribution in [3.63, 3.8) is 0 Å². The molecule has 0 aliphatic heterocycles. The van der Waals surface area contributed by atoms with E-state index in [0.29, 0.717) is 6.04 Å². The van der Waals surface area contributed by atoms with Gasteiger partial charge in [-0.25, -0.2) is 0 Å². The minimum atomic E-state index is 0.384. The van der Waals surface area contributed by atoms with Crippen LogP contribution in [0.2, 0.25) is 0 Å². The monoisotopic (exact) mass is 269 g/mol. The highest BCUT2D eigenvalue weighted by Gasteiger charge is 2.07. The number of nitrogens with one attached hydrogen (secondary N) is 1. The summed E-state index contributed by atoms with van der Waals surface area (Å²) in [6.07, 6.45) is 1.85. The van der Waals surface area contributed by atoms with Crippen LogP contribution >= 0.6 is 0 Å². The molecule has 0 amide bonds. The minimum absolute atomic E-state index is 0.384. The van der Waals surface area contributed by atoms with Gasteiger partial charge < -0.3 is 10.2 Å². The second-order valence-electron chi connectivity index (χ2n) is 4.94. The molecule has 0 radical (unpaired) electrons. The van der Waals surface area contributed by atoms with E-state index in [-0.39, 0.29) is 0 Å². The third-order valence-corrected chi connectivity index (χ3v) is 3.65. The summed E-state index contributed by atoms with van der Waals surface area (Å²) in [5.41, 5.74) is 3.65. The summed E-state index contributed by atoms with van der Waals surface area (Å²) in [6.45, 7) is 6.16. The summed E-state index contributed by atoms with van der Waals surface area (Å²) in [5, 5.41) is 3.26. The zero-order chi connectivity index (χ0) is 14.4. The van der Waals surface area contributed by atoms with E-state index in [4.69, 9.17) is 0 Å². The van der Waals surface area contributed by atoms with E-state index in [0.717, 1.165) is 18.8 Å². The molecule has 1 N–H and O–H groups in total. The van der Waals surface area contributed by atoms with Crippen LogP contribution in [0.3, 0.4) is 0 Å². The van der Waals surface area contributed by atoms with E-state index in [1.54, 1.807) is 0 Å². The van der Waals surface area contributed by atoms with E-state index in [1.807, 2.05) is 25.4 Å². The number of rotatable bonds is 6. The molecule has 0 spiro atoms.